The molecule has 5 heteroatoms. The quantitative estimate of drug-likeness (QED) is 0.745. The van der Waals surface area contributed by atoms with Gasteiger partial charge in [0.2, 0.25) is 5.91 Å². The highest BCUT2D eigenvalue weighted by Gasteiger charge is 2.17. The number of hydrogen-bond donors (Lipinski definition) is 2. The van der Waals surface area contributed by atoms with E-state index in [1.165, 1.54) is 16.0 Å². The molecule has 2 aromatic rings. The lowest BCUT2D eigenvalue weighted by Crippen LogP contribution is -3.08. The molecule has 0 aliphatic carbocycles. The number of likely N-dealkylation sites (N-methyl/N-ethyl adjacent to an activating group) is 2. The van der Waals surface area contributed by atoms with Crippen molar-refractivity contribution in [2.75, 3.05) is 32.5 Å². The molecule has 2 N–H and O–H groups in total. The molecule has 27 heavy (non-hydrogen) atoms. The lowest BCUT2D eigenvalue weighted by molar-refractivity contribution is -0.885. The Labute approximate surface area is 162 Å². The molecule has 0 fully saturated rings. The molecule has 0 aromatic heterocycles. The molecule has 1 unspecified atom stereocenters. The number of nitrogens with zero attached hydrogens (tertiary/aromatic N) is 1. The Bertz CT molecular complexity index is 754. The van der Waals surface area contributed by atoms with Gasteiger partial charge in [-0.1, -0.05) is 48.9 Å². The highest BCUT2D eigenvalue weighted by Crippen LogP contribution is 2.08. The number of quaternary nitrogens is 1. The molecule has 0 aliphatic heterocycles. The van der Waals surface area contributed by atoms with E-state index < -0.39 is 0 Å². The highest BCUT2D eigenvalue weighted by atomic mass is 16.2. The number of hydrogen-bond acceptors (Lipinski definition) is 2. The van der Waals surface area contributed by atoms with Crippen molar-refractivity contribution in [3.63, 3.8) is 0 Å². The number of carbonyl (C=O) groups is 2. The van der Waals surface area contributed by atoms with Crippen molar-refractivity contribution >= 4 is 17.5 Å². The van der Waals surface area contributed by atoms with E-state index in [4.69, 9.17) is 0 Å². The fraction of sp³-hybridized carbons (Fsp3) is 0.364. The molecule has 0 spiro atoms. The predicted octanol–water partition coefficient (Wildman–Crippen LogP) is 1.67. The molecule has 0 aliphatic rings. The van der Waals surface area contributed by atoms with E-state index in [-0.39, 0.29) is 18.4 Å². The van der Waals surface area contributed by atoms with Crippen LogP contribution in [-0.2, 0) is 22.6 Å². The van der Waals surface area contributed by atoms with E-state index in [0.29, 0.717) is 6.54 Å². The van der Waals surface area contributed by atoms with Crippen LogP contribution in [0.3, 0.4) is 0 Å². The Balaban J connectivity index is 1.79. The van der Waals surface area contributed by atoms with Gasteiger partial charge >= 0.3 is 0 Å². The van der Waals surface area contributed by atoms with E-state index in [1.54, 1.807) is 7.05 Å². The van der Waals surface area contributed by atoms with Gasteiger partial charge in [-0.3, -0.25) is 9.59 Å². The van der Waals surface area contributed by atoms with E-state index in [9.17, 15) is 9.59 Å². The highest BCUT2D eigenvalue weighted by molar-refractivity contribution is 5.94. The van der Waals surface area contributed by atoms with Gasteiger partial charge in [0.15, 0.2) is 6.54 Å². The molecule has 2 rings (SSSR count). The Morgan fingerprint density at radius 1 is 1.00 bits per heavy atom. The van der Waals surface area contributed by atoms with Crippen LogP contribution in [0.2, 0.25) is 0 Å². The summed E-state index contributed by atoms with van der Waals surface area (Å²) in [5.74, 6) is -0.237. The monoisotopic (exact) mass is 368 g/mol. The molecule has 0 radical (unpaired) electrons. The molecule has 0 bridgehead atoms. The summed E-state index contributed by atoms with van der Waals surface area (Å²) < 4.78 is 0. The smallest absolute Gasteiger partial charge is 0.277 e. The number of nitrogens with one attached hydrogen (secondary N) is 2. The number of amides is 2. The zero-order valence-corrected chi connectivity index (χ0v) is 16.7. The van der Waals surface area contributed by atoms with Crippen LogP contribution >= 0.6 is 0 Å². The van der Waals surface area contributed by atoms with E-state index in [1.807, 2.05) is 38.2 Å². The predicted molar refractivity (Wildman–Crippen MR) is 109 cm³/mol. The fourth-order valence-corrected chi connectivity index (χ4v) is 2.84. The number of aryl methyl sites for hydroxylation is 2. The number of carbonyl (C=O) groups excluding carboxylic acids is 2. The molecule has 144 valence electrons. The molecule has 5 nitrogen and oxygen atoms in total. The van der Waals surface area contributed by atoms with Gasteiger partial charge in [-0.15, -0.1) is 0 Å². The molecular weight excluding hydrogens is 338 g/mol. The van der Waals surface area contributed by atoms with Gasteiger partial charge in [0.1, 0.15) is 6.54 Å². The van der Waals surface area contributed by atoms with Crippen LogP contribution in [0.4, 0.5) is 5.69 Å². The molecule has 2 aromatic carbocycles. The van der Waals surface area contributed by atoms with Gasteiger partial charge in [0.25, 0.3) is 5.91 Å². The van der Waals surface area contributed by atoms with Gasteiger partial charge in [-0.25, -0.2) is 0 Å². The number of benzene rings is 2. The Morgan fingerprint density at radius 2 is 1.59 bits per heavy atom. The number of rotatable bonds is 8. The summed E-state index contributed by atoms with van der Waals surface area (Å²) in [6.07, 6.45) is 1.02. The summed E-state index contributed by atoms with van der Waals surface area (Å²) in [6.45, 7) is 5.30. The minimum atomic E-state index is -0.192. The third-order valence-corrected chi connectivity index (χ3v) is 4.53. The summed E-state index contributed by atoms with van der Waals surface area (Å²) in [4.78, 5) is 27.1. The van der Waals surface area contributed by atoms with Crippen LogP contribution in [0.25, 0.3) is 0 Å². The van der Waals surface area contributed by atoms with Crippen molar-refractivity contribution in [1.82, 2.24) is 4.90 Å². The summed E-state index contributed by atoms with van der Waals surface area (Å²) in [7, 11) is 3.66. The maximum absolute atomic E-state index is 12.4. The average molecular weight is 369 g/mol. The lowest BCUT2D eigenvalue weighted by atomic mass is 10.1. The van der Waals surface area contributed by atoms with Crippen LogP contribution in [0.1, 0.15) is 23.6 Å². The number of anilines is 1. The van der Waals surface area contributed by atoms with Gasteiger partial charge in [-0.05, 0) is 31.0 Å². The Morgan fingerprint density at radius 3 is 2.19 bits per heavy atom. The van der Waals surface area contributed by atoms with E-state index >= 15 is 0 Å². The van der Waals surface area contributed by atoms with Crippen LogP contribution in [0.15, 0.2) is 48.5 Å². The molecule has 0 saturated carbocycles. The topological polar surface area (TPSA) is 53.9 Å². The SMILES string of the molecule is CCc1ccc(C[NH+](C)CC(=O)N(C)CC(=O)Nc2ccc(C)cc2)cc1. The first-order valence-electron chi connectivity index (χ1n) is 9.37. The van der Waals surface area contributed by atoms with Crippen LogP contribution in [0.5, 0.6) is 0 Å². The van der Waals surface area contributed by atoms with Crippen molar-refractivity contribution in [2.24, 2.45) is 0 Å². The molecule has 0 heterocycles. The molecule has 1 atom stereocenters. The first-order valence-corrected chi connectivity index (χ1v) is 9.37. The Hall–Kier alpha value is -2.66. The molecule has 0 saturated heterocycles. The normalized spacial score (nSPS) is 11.7. The van der Waals surface area contributed by atoms with Crippen molar-refractivity contribution in [3.8, 4) is 0 Å². The lowest BCUT2D eigenvalue weighted by Gasteiger charge is -2.20. The van der Waals surface area contributed by atoms with Crippen molar-refractivity contribution in [1.29, 1.82) is 0 Å². The van der Waals surface area contributed by atoms with Gasteiger partial charge in [-0.2, -0.15) is 0 Å². The van der Waals surface area contributed by atoms with E-state index in [2.05, 4.69) is 36.5 Å². The first-order chi connectivity index (χ1) is 12.9. The Kier molecular flexibility index (Phi) is 7.55. The summed E-state index contributed by atoms with van der Waals surface area (Å²) in [5.41, 5.74) is 4.39. The largest absolute Gasteiger partial charge is 0.332 e. The minimum absolute atomic E-state index is 0.0447. The van der Waals surface area contributed by atoms with Crippen LogP contribution < -0.4 is 10.2 Å². The second-order valence-corrected chi connectivity index (χ2v) is 7.14. The maximum Gasteiger partial charge on any atom is 0.277 e. The van der Waals surface area contributed by atoms with Gasteiger partial charge < -0.3 is 15.1 Å². The average Bonchev–Trinajstić information content (AvgIpc) is 2.64. The first kappa shape index (κ1) is 20.6. The second kappa shape index (κ2) is 9.88. The molecule has 2 amide bonds. The summed E-state index contributed by atoms with van der Waals surface area (Å²) in [6, 6.07) is 16.1. The van der Waals surface area contributed by atoms with Crippen LogP contribution in [0, 0.1) is 6.92 Å². The molecular formula is C22H30N3O2+. The van der Waals surface area contributed by atoms with Gasteiger partial charge in [0, 0.05) is 18.3 Å². The summed E-state index contributed by atoms with van der Waals surface area (Å²) >= 11 is 0. The standard InChI is InChI=1S/C22H29N3O2/c1-5-18-8-10-19(11-9-18)14-24(3)16-22(27)25(4)15-21(26)23-20-12-6-17(2)7-13-20/h6-13H,5,14-16H2,1-4H3,(H,23,26)/p+1. The zero-order valence-electron chi connectivity index (χ0n) is 16.7. The van der Waals surface area contributed by atoms with Crippen molar-refractivity contribution < 1.29 is 14.5 Å². The maximum atomic E-state index is 12.4. The third kappa shape index (κ3) is 6.87. The van der Waals surface area contributed by atoms with E-state index in [0.717, 1.165) is 29.1 Å². The second-order valence-electron chi connectivity index (χ2n) is 7.14. The van der Waals surface area contributed by atoms with Crippen molar-refractivity contribution in [3.05, 3.63) is 65.2 Å². The van der Waals surface area contributed by atoms with Crippen LogP contribution in [-0.4, -0.2) is 43.9 Å². The summed E-state index contributed by atoms with van der Waals surface area (Å²) in [5, 5.41) is 2.82. The zero-order chi connectivity index (χ0) is 19.8. The minimum Gasteiger partial charge on any atom is -0.332 e. The third-order valence-electron chi connectivity index (χ3n) is 4.53. The fourth-order valence-electron chi connectivity index (χ4n) is 2.84. The van der Waals surface area contributed by atoms with Gasteiger partial charge in [0.05, 0.1) is 13.6 Å². The van der Waals surface area contributed by atoms with Crippen molar-refractivity contribution in [2.45, 2.75) is 26.8 Å².